The number of hydrogen-bond donors (Lipinski definition) is 1. The number of anilines is 1. The van der Waals surface area contributed by atoms with Crippen LogP contribution in [0.15, 0.2) is 65.7 Å². The average Bonchev–Trinajstić information content (AvgIpc) is 2.68. The molecule has 0 aromatic heterocycles. The fourth-order valence-electron chi connectivity index (χ4n) is 3.34. The summed E-state index contributed by atoms with van der Waals surface area (Å²) >= 11 is 3.52. The molecule has 1 unspecified atom stereocenters. The van der Waals surface area contributed by atoms with Crippen molar-refractivity contribution in [1.29, 1.82) is 0 Å². The number of carbonyl (C=O) groups excluding carboxylic acids is 1. The van der Waals surface area contributed by atoms with Gasteiger partial charge in [0.05, 0.1) is 5.92 Å². The highest BCUT2D eigenvalue weighted by atomic mass is 79.9. The molecule has 0 aliphatic carbocycles. The lowest BCUT2D eigenvalue weighted by Crippen LogP contribution is -2.40. The summed E-state index contributed by atoms with van der Waals surface area (Å²) in [5.74, 6) is 0.877. The van der Waals surface area contributed by atoms with E-state index in [1.165, 1.54) is 5.56 Å². The van der Waals surface area contributed by atoms with Gasteiger partial charge in [-0.05, 0) is 61.3 Å². The number of hydrogen-bond acceptors (Lipinski definition) is 3. The van der Waals surface area contributed by atoms with Gasteiger partial charge in [-0.15, -0.1) is 0 Å². The van der Waals surface area contributed by atoms with E-state index >= 15 is 0 Å². The van der Waals surface area contributed by atoms with Crippen LogP contribution >= 0.6 is 15.9 Å². The minimum atomic E-state index is 0.0163. The summed E-state index contributed by atoms with van der Waals surface area (Å²) in [4.78, 5) is 15.0. The van der Waals surface area contributed by atoms with Gasteiger partial charge in [-0.1, -0.05) is 40.7 Å². The Labute approximate surface area is 169 Å². The number of nitrogens with one attached hydrogen (secondary N) is 1. The molecule has 2 aromatic rings. The Kier molecular flexibility index (Phi) is 7.07. The van der Waals surface area contributed by atoms with Crippen molar-refractivity contribution < 1.29 is 9.53 Å². The van der Waals surface area contributed by atoms with E-state index in [2.05, 4.69) is 50.9 Å². The van der Waals surface area contributed by atoms with Gasteiger partial charge in [0.2, 0.25) is 5.91 Å². The number of carbonyl (C=O) groups is 1. The molecule has 1 aliphatic heterocycles. The third kappa shape index (κ3) is 5.94. The standard InChI is InChI=1S/C22H25BrN2O2/c1-2-13-27-21-10-8-20(9-11-21)24-22(26)18-6-4-12-25(16-18)15-17-5-3-7-19(23)14-17/h2-3,5,7-11,14,18H,1,4,6,12-13,15-16H2,(H,24,26). The van der Waals surface area contributed by atoms with Crippen molar-refractivity contribution in [3.63, 3.8) is 0 Å². The minimum absolute atomic E-state index is 0.0163. The average molecular weight is 429 g/mol. The Morgan fingerprint density at radius 1 is 1.30 bits per heavy atom. The van der Waals surface area contributed by atoms with Gasteiger partial charge < -0.3 is 10.1 Å². The quantitative estimate of drug-likeness (QED) is 0.639. The molecular weight excluding hydrogens is 404 g/mol. The molecule has 142 valence electrons. The van der Waals surface area contributed by atoms with E-state index in [4.69, 9.17) is 4.74 Å². The molecule has 1 heterocycles. The third-order valence-electron chi connectivity index (χ3n) is 4.66. The second kappa shape index (κ2) is 9.72. The van der Waals surface area contributed by atoms with Crippen LogP contribution in [-0.2, 0) is 11.3 Å². The first-order chi connectivity index (χ1) is 13.1. The van der Waals surface area contributed by atoms with Crippen molar-refractivity contribution >= 4 is 27.5 Å². The largest absolute Gasteiger partial charge is 0.490 e. The molecule has 5 heteroatoms. The predicted molar refractivity (Wildman–Crippen MR) is 113 cm³/mol. The first-order valence-corrected chi connectivity index (χ1v) is 10.0. The molecule has 0 bridgehead atoms. The Balaban J connectivity index is 1.54. The van der Waals surface area contributed by atoms with Gasteiger partial charge in [-0.2, -0.15) is 0 Å². The van der Waals surface area contributed by atoms with Gasteiger partial charge in [0.15, 0.2) is 0 Å². The smallest absolute Gasteiger partial charge is 0.228 e. The lowest BCUT2D eigenvalue weighted by molar-refractivity contribution is -0.121. The maximum atomic E-state index is 12.7. The molecule has 0 spiro atoms. The third-order valence-corrected chi connectivity index (χ3v) is 5.15. The van der Waals surface area contributed by atoms with E-state index in [1.807, 2.05) is 30.3 Å². The van der Waals surface area contributed by atoms with E-state index in [0.29, 0.717) is 6.61 Å². The van der Waals surface area contributed by atoms with Crippen molar-refractivity contribution in [2.24, 2.45) is 5.92 Å². The molecule has 2 aromatic carbocycles. The van der Waals surface area contributed by atoms with Crippen LogP contribution in [0, 0.1) is 5.92 Å². The number of nitrogens with zero attached hydrogens (tertiary/aromatic N) is 1. The zero-order valence-corrected chi connectivity index (χ0v) is 17.0. The van der Waals surface area contributed by atoms with Crippen LogP contribution in [0.2, 0.25) is 0 Å². The number of piperidine rings is 1. The van der Waals surface area contributed by atoms with E-state index in [-0.39, 0.29) is 11.8 Å². The zero-order chi connectivity index (χ0) is 19.1. The number of benzene rings is 2. The maximum absolute atomic E-state index is 12.7. The summed E-state index contributed by atoms with van der Waals surface area (Å²) < 4.78 is 6.56. The molecule has 0 saturated carbocycles. The van der Waals surface area contributed by atoms with Crippen LogP contribution in [0.4, 0.5) is 5.69 Å². The predicted octanol–water partition coefficient (Wildman–Crippen LogP) is 4.86. The molecule has 0 radical (unpaired) electrons. The van der Waals surface area contributed by atoms with E-state index in [1.54, 1.807) is 6.08 Å². The first-order valence-electron chi connectivity index (χ1n) is 9.25. The summed E-state index contributed by atoms with van der Waals surface area (Å²) in [5, 5.41) is 3.04. The Morgan fingerprint density at radius 3 is 2.85 bits per heavy atom. The highest BCUT2D eigenvalue weighted by Gasteiger charge is 2.25. The fourth-order valence-corrected chi connectivity index (χ4v) is 3.79. The zero-order valence-electron chi connectivity index (χ0n) is 15.4. The number of rotatable bonds is 7. The normalized spacial score (nSPS) is 17.3. The first kappa shape index (κ1) is 19.6. The van der Waals surface area contributed by atoms with E-state index in [9.17, 15) is 4.79 Å². The van der Waals surface area contributed by atoms with Gasteiger partial charge in [0, 0.05) is 23.2 Å². The Hall–Kier alpha value is -2.11. The van der Waals surface area contributed by atoms with Crippen LogP contribution in [0.1, 0.15) is 18.4 Å². The molecule has 1 atom stereocenters. The molecule has 1 amide bonds. The van der Waals surface area contributed by atoms with Gasteiger partial charge >= 0.3 is 0 Å². The molecule has 1 saturated heterocycles. The van der Waals surface area contributed by atoms with Crippen molar-refractivity contribution in [2.45, 2.75) is 19.4 Å². The monoisotopic (exact) mass is 428 g/mol. The number of halogens is 1. The lowest BCUT2D eigenvalue weighted by atomic mass is 9.96. The molecule has 27 heavy (non-hydrogen) atoms. The second-order valence-electron chi connectivity index (χ2n) is 6.82. The van der Waals surface area contributed by atoms with Gasteiger partial charge in [0.25, 0.3) is 0 Å². The van der Waals surface area contributed by atoms with Crippen molar-refractivity contribution in [3.05, 3.63) is 71.2 Å². The lowest BCUT2D eigenvalue weighted by Gasteiger charge is -2.32. The summed E-state index contributed by atoms with van der Waals surface area (Å²) in [6, 6.07) is 15.8. The van der Waals surface area contributed by atoms with Crippen molar-refractivity contribution in [3.8, 4) is 5.75 Å². The van der Waals surface area contributed by atoms with E-state index in [0.717, 1.165) is 48.4 Å². The van der Waals surface area contributed by atoms with E-state index < -0.39 is 0 Å². The maximum Gasteiger partial charge on any atom is 0.228 e. The van der Waals surface area contributed by atoms with Crippen LogP contribution in [0.5, 0.6) is 5.75 Å². The van der Waals surface area contributed by atoms with Crippen LogP contribution in [-0.4, -0.2) is 30.5 Å². The summed E-state index contributed by atoms with van der Waals surface area (Å²) in [7, 11) is 0. The summed E-state index contributed by atoms with van der Waals surface area (Å²) in [5.41, 5.74) is 2.07. The topological polar surface area (TPSA) is 41.6 Å². The highest BCUT2D eigenvalue weighted by Crippen LogP contribution is 2.22. The van der Waals surface area contributed by atoms with Crippen LogP contribution in [0.3, 0.4) is 0 Å². The van der Waals surface area contributed by atoms with Crippen molar-refractivity contribution in [2.75, 3.05) is 25.0 Å². The highest BCUT2D eigenvalue weighted by molar-refractivity contribution is 9.10. The molecule has 1 aliphatic rings. The number of likely N-dealkylation sites (tertiary alicyclic amines) is 1. The molecular formula is C22H25BrN2O2. The fraction of sp³-hybridized carbons (Fsp3) is 0.318. The number of amides is 1. The second-order valence-corrected chi connectivity index (χ2v) is 7.73. The van der Waals surface area contributed by atoms with Crippen molar-refractivity contribution in [1.82, 2.24) is 4.90 Å². The SMILES string of the molecule is C=CCOc1ccc(NC(=O)C2CCCN(Cc3cccc(Br)c3)C2)cc1. The van der Waals surface area contributed by atoms with Gasteiger partial charge in [-0.25, -0.2) is 0 Å². The van der Waals surface area contributed by atoms with Gasteiger partial charge in [0.1, 0.15) is 12.4 Å². The molecule has 3 rings (SSSR count). The number of ether oxygens (including phenoxy) is 1. The van der Waals surface area contributed by atoms with Gasteiger partial charge in [-0.3, -0.25) is 9.69 Å². The Morgan fingerprint density at radius 2 is 2.11 bits per heavy atom. The summed E-state index contributed by atoms with van der Waals surface area (Å²) in [6.45, 7) is 6.80. The summed E-state index contributed by atoms with van der Waals surface area (Å²) in [6.07, 6.45) is 3.68. The van der Waals surface area contributed by atoms with Crippen LogP contribution in [0.25, 0.3) is 0 Å². The Bertz CT molecular complexity index is 776. The minimum Gasteiger partial charge on any atom is -0.490 e. The molecule has 1 fully saturated rings. The van der Waals surface area contributed by atoms with Crippen LogP contribution < -0.4 is 10.1 Å². The molecule has 4 nitrogen and oxygen atoms in total. The molecule has 1 N–H and O–H groups in total.